The normalized spacial score (nSPS) is 24.3. The zero-order chi connectivity index (χ0) is 13.3. The fourth-order valence-electron chi connectivity index (χ4n) is 2.33. The quantitative estimate of drug-likeness (QED) is 0.912. The molecule has 5 heteroatoms. The first-order valence-corrected chi connectivity index (χ1v) is 7.02. The van der Waals surface area contributed by atoms with Gasteiger partial charge >= 0.3 is 0 Å². The lowest BCUT2D eigenvalue weighted by Gasteiger charge is -2.37. The number of ether oxygens (including phenoxy) is 1. The summed E-state index contributed by atoms with van der Waals surface area (Å²) in [5.41, 5.74) is 7.63. The highest BCUT2D eigenvalue weighted by atomic mass is 79.9. The van der Waals surface area contributed by atoms with Crippen molar-refractivity contribution in [3.05, 3.63) is 16.2 Å². The molecule has 1 aliphatic heterocycles. The molecule has 0 radical (unpaired) electrons. The molecular weight excluding hydrogens is 294 g/mol. The lowest BCUT2D eigenvalue weighted by atomic mass is 9.96. The van der Waals surface area contributed by atoms with Crippen molar-refractivity contribution < 1.29 is 4.74 Å². The van der Waals surface area contributed by atoms with E-state index in [4.69, 9.17) is 10.5 Å². The first kappa shape index (κ1) is 13.6. The summed E-state index contributed by atoms with van der Waals surface area (Å²) in [6.45, 7) is 6.13. The molecule has 4 nitrogen and oxygen atoms in total. The maximum atomic E-state index is 5.86. The molecule has 0 amide bonds. The van der Waals surface area contributed by atoms with Gasteiger partial charge in [0.05, 0.1) is 22.5 Å². The number of aromatic nitrogens is 1. The predicted molar refractivity (Wildman–Crippen MR) is 77.9 cm³/mol. The molecule has 0 saturated carbocycles. The van der Waals surface area contributed by atoms with Crippen molar-refractivity contribution in [3.8, 4) is 0 Å². The number of nitrogens with zero attached hydrogens (tertiary/aromatic N) is 2. The molecule has 1 aromatic rings. The second-order valence-corrected chi connectivity index (χ2v) is 5.76. The van der Waals surface area contributed by atoms with Crippen LogP contribution < -0.4 is 10.6 Å². The lowest BCUT2D eigenvalue weighted by molar-refractivity contribution is 0.0496. The minimum atomic E-state index is 0.269. The highest BCUT2D eigenvalue weighted by molar-refractivity contribution is 9.10. The third-order valence-corrected chi connectivity index (χ3v) is 4.73. The van der Waals surface area contributed by atoms with E-state index < -0.39 is 0 Å². The maximum absolute atomic E-state index is 5.86. The van der Waals surface area contributed by atoms with Crippen LogP contribution in [0.3, 0.4) is 0 Å². The molecule has 1 aromatic heterocycles. The Bertz CT molecular complexity index is 438. The Balaban J connectivity index is 2.25. The number of anilines is 2. The second-order valence-electron chi connectivity index (χ2n) is 4.96. The smallest absolute Gasteiger partial charge is 0.143 e. The Labute approximate surface area is 117 Å². The minimum Gasteiger partial charge on any atom is -0.397 e. The number of halogens is 1. The average molecular weight is 314 g/mol. The maximum Gasteiger partial charge on any atom is 0.143 e. The van der Waals surface area contributed by atoms with Crippen LogP contribution in [0.4, 0.5) is 11.5 Å². The predicted octanol–water partition coefficient (Wildman–Crippen LogP) is 2.60. The van der Waals surface area contributed by atoms with Crippen molar-refractivity contribution in [2.24, 2.45) is 5.92 Å². The monoisotopic (exact) mass is 313 g/mol. The Hall–Kier alpha value is -0.810. The van der Waals surface area contributed by atoms with Gasteiger partial charge in [0.2, 0.25) is 0 Å². The first-order valence-electron chi connectivity index (χ1n) is 6.23. The molecule has 2 unspecified atom stereocenters. The van der Waals surface area contributed by atoms with E-state index in [1.807, 2.05) is 6.92 Å². The van der Waals surface area contributed by atoms with Crippen molar-refractivity contribution in [2.45, 2.75) is 26.4 Å². The molecule has 100 valence electrons. The van der Waals surface area contributed by atoms with Gasteiger partial charge in [-0.2, -0.15) is 0 Å². The van der Waals surface area contributed by atoms with Crippen LogP contribution in [-0.4, -0.2) is 31.3 Å². The number of hydrogen-bond donors (Lipinski definition) is 1. The number of nitrogen functional groups attached to an aromatic ring is 1. The third-order valence-electron chi connectivity index (χ3n) is 3.78. The molecule has 1 fully saturated rings. The number of rotatable bonds is 2. The highest BCUT2D eigenvalue weighted by Gasteiger charge is 2.28. The molecule has 0 aromatic carbocycles. The van der Waals surface area contributed by atoms with Crippen LogP contribution in [0, 0.1) is 12.8 Å². The van der Waals surface area contributed by atoms with Crippen LogP contribution in [-0.2, 0) is 4.74 Å². The zero-order valence-corrected chi connectivity index (χ0v) is 12.7. The van der Waals surface area contributed by atoms with Crippen LogP contribution >= 0.6 is 15.9 Å². The number of piperidine rings is 1. The Morgan fingerprint density at radius 3 is 2.94 bits per heavy atom. The van der Waals surface area contributed by atoms with E-state index in [0.717, 1.165) is 41.1 Å². The largest absolute Gasteiger partial charge is 0.397 e. The van der Waals surface area contributed by atoms with Gasteiger partial charge in [0.1, 0.15) is 5.82 Å². The number of pyridine rings is 1. The van der Waals surface area contributed by atoms with E-state index >= 15 is 0 Å². The van der Waals surface area contributed by atoms with Crippen molar-refractivity contribution >= 4 is 27.4 Å². The van der Waals surface area contributed by atoms with Gasteiger partial charge in [-0.25, -0.2) is 4.98 Å². The molecule has 2 heterocycles. The summed E-state index contributed by atoms with van der Waals surface area (Å²) in [5.74, 6) is 1.57. The Morgan fingerprint density at radius 2 is 2.28 bits per heavy atom. The second kappa shape index (κ2) is 5.45. The van der Waals surface area contributed by atoms with Crippen molar-refractivity contribution in [3.63, 3.8) is 0 Å². The van der Waals surface area contributed by atoms with Gasteiger partial charge < -0.3 is 15.4 Å². The standard InChI is InChI=1S/C13H20BrN3O/c1-8-4-5-17(7-11(8)18-3)13-12(14)9(2)10(15)6-16-13/h6,8,11H,4-5,7,15H2,1-3H3. The van der Waals surface area contributed by atoms with E-state index in [2.05, 4.69) is 32.7 Å². The van der Waals surface area contributed by atoms with Crippen LogP contribution in [0.15, 0.2) is 10.7 Å². The van der Waals surface area contributed by atoms with Gasteiger partial charge in [0, 0.05) is 20.2 Å². The topological polar surface area (TPSA) is 51.4 Å². The van der Waals surface area contributed by atoms with Gasteiger partial charge in [0.25, 0.3) is 0 Å². The van der Waals surface area contributed by atoms with E-state index in [1.54, 1.807) is 13.3 Å². The lowest BCUT2D eigenvalue weighted by Crippen LogP contribution is -2.44. The third kappa shape index (κ3) is 2.47. The summed E-state index contributed by atoms with van der Waals surface area (Å²) in [6, 6.07) is 0. The molecule has 18 heavy (non-hydrogen) atoms. The average Bonchev–Trinajstić information content (AvgIpc) is 2.37. The number of nitrogens with two attached hydrogens (primary N) is 1. The van der Waals surface area contributed by atoms with Crippen molar-refractivity contribution in [1.29, 1.82) is 0 Å². The minimum absolute atomic E-state index is 0.269. The van der Waals surface area contributed by atoms with Gasteiger partial charge in [-0.05, 0) is 40.8 Å². The molecule has 2 atom stereocenters. The molecular formula is C13H20BrN3O. The van der Waals surface area contributed by atoms with Crippen LogP contribution in [0.25, 0.3) is 0 Å². The Morgan fingerprint density at radius 1 is 1.56 bits per heavy atom. The summed E-state index contributed by atoms with van der Waals surface area (Å²) < 4.78 is 6.53. The summed E-state index contributed by atoms with van der Waals surface area (Å²) in [5, 5.41) is 0. The van der Waals surface area contributed by atoms with E-state index in [-0.39, 0.29) is 6.10 Å². The van der Waals surface area contributed by atoms with Crippen LogP contribution in [0.1, 0.15) is 18.9 Å². The first-order chi connectivity index (χ1) is 8.54. The van der Waals surface area contributed by atoms with Gasteiger partial charge in [-0.3, -0.25) is 0 Å². The summed E-state index contributed by atoms with van der Waals surface area (Å²) in [7, 11) is 1.78. The van der Waals surface area contributed by atoms with Crippen LogP contribution in [0.2, 0.25) is 0 Å². The number of hydrogen-bond acceptors (Lipinski definition) is 4. The highest BCUT2D eigenvalue weighted by Crippen LogP contribution is 2.33. The van der Waals surface area contributed by atoms with E-state index in [0.29, 0.717) is 5.92 Å². The molecule has 0 spiro atoms. The zero-order valence-electron chi connectivity index (χ0n) is 11.1. The fourth-order valence-corrected chi connectivity index (χ4v) is 2.91. The van der Waals surface area contributed by atoms with Crippen LogP contribution in [0.5, 0.6) is 0 Å². The molecule has 0 aliphatic carbocycles. The number of methoxy groups -OCH3 is 1. The molecule has 2 N–H and O–H groups in total. The van der Waals surface area contributed by atoms with Crippen molar-refractivity contribution in [1.82, 2.24) is 4.98 Å². The van der Waals surface area contributed by atoms with Gasteiger partial charge in [-0.15, -0.1) is 0 Å². The molecule has 1 saturated heterocycles. The fraction of sp³-hybridized carbons (Fsp3) is 0.615. The van der Waals surface area contributed by atoms with E-state index in [1.165, 1.54) is 0 Å². The molecule has 1 aliphatic rings. The summed E-state index contributed by atoms with van der Waals surface area (Å²) >= 11 is 3.60. The SMILES string of the molecule is COC1CN(c2ncc(N)c(C)c2Br)CCC1C. The van der Waals surface area contributed by atoms with E-state index in [9.17, 15) is 0 Å². The molecule has 0 bridgehead atoms. The van der Waals surface area contributed by atoms with Gasteiger partial charge in [-0.1, -0.05) is 6.92 Å². The van der Waals surface area contributed by atoms with Crippen molar-refractivity contribution in [2.75, 3.05) is 30.8 Å². The van der Waals surface area contributed by atoms with Gasteiger partial charge in [0.15, 0.2) is 0 Å². The molecule has 2 rings (SSSR count). The summed E-state index contributed by atoms with van der Waals surface area (Å²) in [6.07, 6.45) is 3.12. The Kier molecular flexibility index (Phi) is 4.12. The summed E-state index contributed by atoms with van der Waals surface area (Å²) in [4.78, 5) is 6.72.